The highest BCUT2D eigenvalue weighted by Crippen LogP contribution is 2.30. The van der Waals surface area contributed by atoms with E-state index in [0.29, 0.717) is 24.7 Å². The van der Waals surface area contributed by atoms with E-state index in [9.17, 15) is 4.79 Å². The van der Waals surface area contributed by atoms with Crippen molar-refractivity contribution in [1.82, 2.24) is 15.6 Å². The summed E-state index contributed by atoms with van der Waals surface area (Å²) in [5.74, 6) is 1.29. The molecule has 6 heteroatoms. The molecule has 1 heterocycles. The molecule has 2 amide bonds. The Balaban J connectivity index is 2.05. The first-order valence-electron chi connectivity index (χ1n) is 7.88. The zero-order valence-corrected chi connectivity index (χ0v) is 14.2. The van der Waals surface area contributed by atoms with Crippen LogP contribution in [0.5, 0.6) is 11.5 Å². The lowest BCUT2D eigenvalue weighted by molar-refractivity contribution is 0.238. The van der Waals surface area contributed by atoms with E-state index in [-0.39, 0.29) is 12.1 Å². The van der Waals surface area contributed by atoms with Gasteiger partial charge in [-0.1, -0.05) is 6.07 Å². The number of rotatable bonds is 7. The predicted molar refractivity (Wildman–Crippen MR) is 92.2 cm³/mol. The minimum Gasteiger partial charge on any atom is -0.493 e. The summed E-state index contributed by atoms with van der Waals surface area (Å²) in [5.41, 5.74) is 1.97. The zero-order valence-electron chi connectivity index (χ0n) is 14.2. The van der Waals surface area contributed by atoms with Gasteiger partial charge in [-0.3, -0.25) is 4.98 Å². The number of carbonyl (C=O) groups is 1. The molecule has 0 saturated heterocycles. The van der Waals surface area contributed by atoms with Crippen LogP contribution < -0.4 is 20.1 Å². The van der Waals surface area contributed by atoms with Gasteiger partial charge in [-0.05, 0) is 49.2 Å². The summed E-state index contributed by atoms with van der Waals surface area (Å²) in [5, 5.41) is 5.59. The van der Waals surface area contributed by atoms with Crippen LogP contribution in [-0.4, -0.2) is 24.7 Å². The van der Waals surface area contributed by atoms with E-state index in [0.717, 1.165) is 11.1 Å². The van der Waals surface area contributed by atoms with Gasteiger partial charge in [0.2, 0.25) is 0 Å². The van der Waals surface area contributed by atoms with Crippen LogP contribution in [0.3, 0.4) is 0 Å². The monoisotopic (exact) mass is 329 g/mol. The fourth-order valence-corrected chi connectivity index (χ4v) is 2.20. The van der Waals surface area contributed by atoms with E-state index in [2.05, 4.69) is 15.6 Å². The number of methoxy groups -OCH3 is 1. The molecule has 24 heavy (non-hydrogen) atoms. The SMILES string of the molecule is CCNC(=O)N[C@H](C)c1ccc(OCc2ccncc2)c(OC)c1. The number of nitrogens with zero attached hydrogens (tertiary/aromatic N) is 1. The molecule has 0 radical (unpaired) electrons. The van der Waals surface area contributed by atoms with E-state index >= 15 is 0 Å². The number of carbonyl (C=O) groups excluding carboxylic acids is 1. The first-order valence-corrected chi connectivity index (χ1v) is 7.88. The van der Waals surface area contributed by atoms with Crippen molar-refractivity contribution in [2.75, 3.05) is 13.7 Å². The molecule has 2 aromatic rings. The smallest absolute Gasteiger partial charge is 0.315 e. The minimum absolute atomic E-state index is 0.139. The molecule has 0 unspecified atom stereocenters. The maximum absolute atomic E-state index is 11.6. The van der Waals surface area contributed by atoms with Crippen LogP contribution in [0, 0.1) is 0 Å². The average molecular weight is 329 g/mol. The van der Waals surface area contributed by atoms with Crippen molar-refractivity contribution >= 4 is 6.03 Å². The van der Waals surface area contributed by atoms with Crippen molar-refractivity contribution in [1.29, 1.82) is 0 Å². The van der Waals surface area contributed by atoms with Gasteiger partial charge in [0.05, 0.1) is 13.2 Å². The van der Waals surface area contributed by atoms with Gasteiger partial charge in [-0.2, -0.15) is 0 Å². The molecule has 0 bridgehead atoms. The molecule has 1 atom stereocenters. The Hall–Kier alpha value is -2.76. The molecule has 0 saturated carbocycles. The van der Waals surface area contributed by atoms with Gasteiger partial charge in [0, 0.05) is 18.9 Å². The van der Waals surface area contributed by atoms with Gasteiger partial charge in [0.1, 0.15) is 6.61 Å². The van der Waals surface area contributed by atoms with E-state index < -0.39 is 0 Å². The lowest BCUT2D eigenvalue weighted by Crippen LogP contribution is -2.36. The number of pyridine rings is 1. The maximum atomic E-state index is 11.6. The summed E-state index contributed by atoms with van der Waals surface area (Å²) in [6.07, 6.45) is 3.46. The molecule has 0 aliphatic heterocycles. The van der Waals surface area contributed by atoms with Crippen LogP contribution in [0.1, 0.15) is 31.0 Å². The Morgan fingerprint density at radius 2 is 1.96 bits per heavy atom. The maximum Gasteiger partial charge on any atom is 0.315 e. The Kier molecular flexibility index (Phi) is 6.42. The number of hydrogen-bond acceptors (Lipinski definition) is 4. The highest BCUT2D eigenvalue weighted by molar-refractivity contribution is 5.74. The van der Waals surface area contributed by atoms with Crippen molar-refractivity contribution in [3.05, 3.63) is 53.9 Å². The number of ether oxygens (including phenoxy) is 2. The van der Waals surface area contributed by atoms with Gasteiger partial charge < -0.3 is 20.1 Å². The number of benzene rings is 1. The third-order valence-electron chi connectivity index (χ3n) is 3.52. The van der Waals surface area contributed by atoms with Gasteiger partial charge in [-0.15, -0.1) is 0 Å². The quantitative estimate of drug-likeness (QED) is 0.819. The summed E-state index contributed by atoms with van der Waals surface area (Å²) in [7, 11) is 1.60. The summed E-state index contributed by atoms with van der Waals surface area (Å²) in [4.78, 5) is 15.6. The summed E-state index contributed by atoms with van der Waals surface area (Å²) in [6.45, 7) is 4.82. The molecule has 0 fully saturated rings. The van der Waals surface area contributed by atoms with E-state index in [4.69, 9.17) is 9.47 Å². The second-order valence-electron chi connectivity index (χ2n) is 5.28. The van der Waals surface area contributed by atoms with Gasteiger partial charge in [0.15, 0.2) is 11.5 Å². The third kappa shape index (κ3) is 4.87. The third-order valence-corrected chi connectivity index (χ3v) is 3.52. The molecule has 1 aromatic carbocycles. The first-order chi connectivity index (χ1) is 11.6. The lowest BCUT2D eigenvalue weighted by atomic mass is 10.1. The molecular weight excluding hydrogens is 306 g/mol. The summed E-state index contributed by atoms with van der Waals surface area (Å²) >= 11 is 0. The van der Waals surface area contributed by atoms with Crippen molar-refractivity contribution in [2.24, 2.45) is 0 Å². The van der Waals surface area contributed by atoms with Crippen molar-refractivity contribution in [3.63, 3.8) is 0 Å². The number of nitrogens with one attached hydrogen (secondary N) is 2. The van der Waals surface area contributed by atoms with E-state index in [1.807, 2.05) is 44.2 Å². The van der Waals surface area contributed by atoms with E-state index in [1.54, 1.807) is 19.5 Å². The molecule has 0 aliphatic carbocycles. The second kappa shape index (κ2) is 8.76. The molecule has 2 N–H and O–H groups in total. The number of amides is 2. The van der Waals surface area contributed by atoms with Crippen molar-refractivity contribution in [2.45, 2.75) is 26.5 Å². The van der Waals surface area contributed by atoms with Gasteiger partial charge in [-0.25, -0.2) is 4.79 Å². The first kappa shape index (κ1) is 17.6. The van der Waals surface area contributed by atoms with Crippen molar-refractivity contribution in [3.8, 4) is 11.5 Å². The largest absolute Gasteiger partial charge is 0.493 e. The number of aromatic nitrogens is 1. The van der Waals surface area contributed by atoms with Gasteiger partial charge in [0.25, 0.3) is 0 Å². The van der Waals surface area contributed by atoms with Crippen LogP contribution in [0.25, 0.3) is 0 Å². The normalized spacial score (nSPS) is 11.5. The van der Waals surface area contributed by atoms with Crippen LogP contribution in [0.2, 0.25) is 0 Å². The van der Waals surface area contributed by atoms with Crippen LogP contribution in [0.15, 0.2) is 42.7 Å². The molecular formula is C18H23N3O3. The fraction of sp³-hybridized carbons (Fsp3) is 0.333. The summed E-state index contributed by atoms with van der Waals surface area (Å²) < 4.78 is 11.2. The van der Waals surface area contributed by atoms with E-state index in [1.165, 1.54) is 0 Å². The zero-order chi connectivity index (χ0) is 17.4. The van der Waals surface area contributed by atoms with Crippen LogP contribution in [-0.2, 0) is 6.61 Å². The Bertz CT molecular complexity index is 662. The minimum atomic E-state index is -0.193. The van der Waals surface area contributed by atoms with Crippen LogP contribution >= 0.6 is 0 Å². The number of urea groups is 1. The summed E-state index contributed by atoms with van der Waals surface area (Å²) in [6, 6.07) is 9.12. The number of hydrogen-bond donors (Lipinski definition) is 2. The molecule has 0 spiro atoms. The fourth-order valence-electron chi connectivity index (χ4n) is 2.20. The van der Waals surface area contributed by atoms with Crippen molar-refractivity contribution < 1.29 is 14.3 Å². The Morgan fingerprint density at radius 3 is 2.62 bits per heavy atom. The average Bonchev–Trinajstić information content (AvgIpc) is 2.60. The molecule has 1 aromatic heterocycles. The molecule has 2 rings (SSSR count). The standard InChI is InChI=1S/C18H23N3O3/c1-4-20-18(22)21-13(2)15-5-6-16(17(11-15)23-3)24-12-14-7-9-19-10-8-14/h5-11,13H,4,12H2,1-3H3,(H2,20,21,22)/t13-/m1/s1. The highest BCUT2D eigenvalue weighted by Gasteiger charge is 2.12. The topological polar surface area (TPSA) is 72.5 Å². The Labute approximate surface area is 142 Å². The second-order valence-corrected chi connectivity index (χ2v) is 5.28. The predicted octanol–water partition coefficient (Wildman–Crippen LogP) is 3.05. The highest BCUT2D eigenvalue weighted by atomic mass is 16.5. The molecule has 0 aliphatic rings. The van der Waals surface area contributed by atoms with Gasteiger partial charge >= 0.3 is 6.03 Å². The Morgan fingerprint density at radius 1 is 1.21 bits per heavy atom. The molecule has 6 nitrogen and oxygen atoms in total. The lowest BCUT2D eigenvalue weighted by Gasteiger charge is -2.17. The molecule has 128 valence electrons. The van der Waals surface area contributed by atoms with Crippen LogP contribution in [0.4, 0.5) is 4.79 Å².